The zero-order chi connectivity index (χ0) is 34.6. The fraction of sp³-hybridized carbons (Fsp3) is 0.200. The summed E-state index contributed by atoms with van der Waals surface area (Å²) in [5.41, 5.74) is 6.45. The van der Waals surface area contributed by atoms with Gasteiger partial charge in [0, 0.05) is 50.4 Å². The van der Waals surface area contributed by atoms with Gasteiger partial charge >= 0.3 is 11.0 Å². The van der Waals surface area contributed by atoms with E-state index in [4.69, 9.17) is 35.0 Å². The third-order valence-corrected chi connectivity index (χ3v) is 9.00. The van der Waals surface area contributed by atoms with Crippen LogP contribution >= 0.6 is 0 Å². The molecule has 0 fully saturated rings. The molecular formula is C40H38N10OSi+4. The molecule has 8 bridgehead atoms. The first-order chi connectivity index (χ1) is 25.2. The van der Waals surface area contributed by atoms with E-state index in [-0.39, 0.29) is 11.0 Å². The van der Waals surface area contributed by atoms with Gasteiger partial charge in [-0.05, 0) is 45.9 Å². The molecule has 3 aromatic heterocycles. The number of unbranched alkanes of at least 4 members (excludes halogenated alkanes) is 1. The number of aromatic nitrogens is 8. The van der Waals surface area contributed by atoms with Crippen molar-refractivity contribution < 1.29 is 5.11 Å². The first-order valence-corrected chi connectivity index (χ1v) is 17.4. The van der Waals surface area contributed by atoms with Gasteiger partial charge < -0.3 is 25.7 Å². The number of nitrogens with one attached hydrogen (secondary N) is 4. The number of hydrogen-bond donors (Lipinski definition) is 5. The Kier molecular flexibility index (Phi) is 10.5. The molecule has 52 heavy (non-hydrogen) atoms. The van der Waals surface area contributed by atoms with Gasteiger partial charge in [-0.2, -0.15) is 0 Å². The SMILES string of the molecule is CNCCCCNCCCO.[Si+4].c1ccc2c(c1)-c1nc-2nc2[nH]c(nc3nc(nc4[nH]c(n1)c1ccccc41)-c1ccccc1-3)c1ccccc21. The average molecular weight is 703 g/mol. The molecule has 0 radical (unpaired) electrons. The largest absolute Gasteiger partial charge is 4.00 e. The van der Waals surface area contributed by atoms with Crippen molar-refractivity contribution in [3.05, 3.63) is 97.1 Å². The van der Waals surface area contributed by atoms with E-state index in [1.165, 1.54) is 12.8 Å². The van der Waals surface area contributed by atoms with E-state index >= 15 is 0 Å². The number of aliphatic hydroxyl groups excluding tert-OH is 1. The van der Waals surface area contributed by atoms with E-state index in [9.17, 15) is 0 Å². The molecule has 11 nitrogen and oxygen atoms in total. The zero-order valence-corrected chi connectivity index (χ0v) is 29.8. The van der Waals surface area contributed by atoms with Crippen LogP contribution in [0, 0.1) is 0 Å². The Morgan fingerprint density at radius 3 is 1.13 bits per heavy atom. The molecule has 254 valence electrons. The quantitative estimate of drug-likeness (QED) is 0.0889. The Labute approximate surface area is 305 Å². The summed E-state index contributed by atoms with van der Waals surface area (Å²) in [5, 5.41) is 18.6. The van der Waals surface area contributed by atoms with Crippen LogP contribution in [0.5, 0.6) is 0 Å². The predicted molar refractivity (Wildman–Crippen MR) is 210 cm³/mol. The van der Waals surface area contributed by atoms with Crippen LogP contribution in [0.3, 0.4) is 0 Å². The van der Waals surface area contributed by atoms with E-state index < -0.39 is 0 Å². The molecule has 9 rings (SSSR count). The van der Waals surface area contributed by atoms with Crippen molar-refractivity contribution in [1.29, 1.82) is 0 Å². The van der Waals surface area contributed by atoms with E-state index in [0.717, 1.165) is 69.9 Å². The maximum absolute atomic E-state index is 8.46. The van der Waals surface area contributed by atoms with E-state index in [2.05, 4.69) is 20.6 Å². The average Bonchev–Trinajstić information content (AvgIpc) is 3.91. The minimum Gasteiger partial charge on any atom is -0.396 e. The van der Waals surface area contributed by atoms with E-state index in [1.807, 2.05) is 104 Å². The molecule has 2 aliphatic rings. The standard InChI is InChI=1S/C32H18N8.C8H20N2O.Si/c1-2-10-18-17(9-1)25-33-26(18)38-28-21-13-5-6-14-22(21)30(35-28)40-32-24-16-8-7-15-23(24)31(36-32)39-29-20-12-4-3-11-19(20)27(34-29)37-25;1-9-5-2-3-6-10-7-4-8-11;/h1-16H,(H2,33,34,35,36,37,38,39,40);9-11H,2-8H2,1H3;/q;;+4. The summed E-state index contributed by atoms with van der Waals surface area (Å²) in [6, 6.07) is 32.2. The molecule has 4 aromatic carbocycles. The normalized spacial score (nSPS) is 11.4. The molecule has 5 heterocycles. The van der Waals surface area contributed by atoms with Crippen molar-refractivity contribution in [3.63, 3.8) is 0 Å². The van der Waals surface area contributed by atoms with Crippen LogP contribution in [0.2, 0.25) is 0 Å². The number of H-pyrrole nitrogens is 2. The summed E-state index contributed by atoms with van der Waals surface area (Å²) in [6.07, 6.45) is 3.31. The molecule has 7 aromatic rings. The smallest absolute Gasteiger partial charge is 0.396 e. The van der Waals surface area contributed by atoms with Gasteiger partial charge in [-0.1, -0.05) is 97.1 Å². The molecule has 0 aliphatic carbocycles. The number of benzene rings is 4. The third-order valence-electron chi connectivity index (χ3n) is 9.00. The molecule has 0 amide bonds. The minimum absolute atomic E-state index is 0. The Bertz CT molecular complexity index is 2200. The van der Waals surface area contributed by atoms with E-state index in [1.54, 1.807) is 0 Å². The van der Waals surface area contributed by atoms with Gasteiger partial charge in [-0.15, -0.1) is 0 Å². The molecular weight excluding hydrogens is 665 g/mol. The van der Waals surface area contributed by atoms with Gasteiger partial charge in [-0.25, -0.2) is 29.9 Å². The number of rotatable bonds is 8. The number of nitrogens with zero attached hydrogens (tertiary/aromatic N) is 6. The Morgan fingerprint density at radius 1 is 0.462 bits per heavy atom. The summed E-state index contributed by atoms with van der Waals surface area (Å²) in [5.74, 6) is 2.39. The topological polar surface area (TPSA) is 153 Å². The molecule has 12 heteroatoms. The summed E-state index contributed by atoms with van der Waals surface area (Å²) >= 11 is 0. The summed E-state index contributed by atoms with van der Waals surface area (Å²) < 4.78 is 0. The summed E-state index contributed by atoms with van der Waals surface area (Å²) in [7, 11) is 1.97. The number of aromatic amines is 2. The van der Waals surface area contributed by atoms with Gasteiger partial charge in [0.2, 0.25) is 0 Å². The summed E-state index contributed by atoms with van der Waals surface area (Å²) in [6.45, 7) is 3.41. The Balaban J connectivity index is 0.000000308. The monoisotopic (exact) mass is 702 g/mol. The third kappa shape index (κ3) is 6.84. The fourth-order valence-corrected chi connectivity index (χ4v) is 6.47. The van der Waals surface area contributed by atoms with Crippen molar-refractivity contribution >= 4 is 55.1 Å². The van der Waals surface area contributed by atoms with Crippen LogP contribution in [-0.2, 0) is 0 Å². The first kappa shape index (κ1) is 34.8. The molecule has 0 spiro atoms. The minimum atomic E-state index is 0. The van der Waals surface area contributed by atoms with Crippen LogP contribution in [-0.4, -0.2) is 89.2 Å². The second-order valence-electron chi connectivity index (χ2n) is 12.4. The van der Waals surface area contributed by atoms with Crippen LogP contribution in [0.25, 0.3) is 89.7 Å². The molecule has 0 saturated carbocycles. The second-order valence-corrected chi connectivity index (χ2v) is 12.4. The molecule has 0 atom stereocenters. The number of fused-ring (bicyclic) bond motifs is 20. The number of aliphatic hydroxyl groups is 1. The van der Waals surface area contributed by atoms with Crippen LogP contribution < -0.4 is 10.6 Å². The van der Waals surface area contributed by atoms with Gasteiger partial charge in [-0.3, -0.25) is 0 Å². The number of hydrogen-bond acceptors (Lipinski definition) is 9. The zero-order valence-electron chi connectivity index (χ0n) is 28.8. The Hall–Kier alpha value is -5.66. The van der Waals surface area contributed by atoms with Crippen molar-refractivity contribution in [2.75, 3.05) is 33.3 Å². The van der Waals surface area contributed by atoms with Crippen molar-refractivity contribution in [1.82, 2.24) is 50.5 Å². The van der Waals surface area contributed by atoms with Crippen LogP contribution in [0.4, 0.5) is 0 Å². The van der Waals surface area contributed by atoms with Gasteiger partial charge in [0.25, 0.3) is 0 Å². The molecule has 0 unspecified atom stereocenters. The predicted octanol–water partition coefficient (Wildman–Crippen LogP) is 6.45. The first-order valence-electron chi connectivity index (χ1n) is 17.4. The fourth-order valence-electron chi connectivity index (χ4n) is 6.47. The molecule has 0 saturated heterocycles. The van der Waals surface area contributed by atoms with Crippen LogP contribution in [0.1, 0.15) is 19.3 Å². The van der Waals surface area contributed by atoms with Crippen molar-refractivity contribution in [2.24, 2.45) is 0 Å². The Morgan fingerprint density at radius 2 is 0.788 bits per heavy atom. The summed E-state index contributed by atoms with van der Waals surface area (Å²) in [4.78, 5) is 36.8. The van der Waals surface area contributed by atoms with Crippen molar-refractivity contribution in [3.8, 4) is 45.6 Å². The van der Waals surface area contributed by atoms with Crippen molar-refractivity contribution in [2.45, 2.75) is 19.3 Å². The van der Waals surface area contributed by atoms with Gasteiger partial charge in [0.1, 0.15) is 22.6 Å². The van der Waals surface area contributed by atoms with Gasteiger partial charge in [0.05, 0.1) is 0 Å². The van der Waals surface area contributed by atoms with Crippen LogP contribution in [0.15, 0.2) is 97.1 Å². The van der Waals surface area contributed by atoms with Gasteiger partial charge in [0.15, 0.2) is 23.3 Å². The van der Waals surface area contributed by atoms with E-state index in [0.29, 0.717) is 52.5 Å². The molecule has 2 aliphatic heterocycles. The second kappa shape index (κ2) is 15.7. The maximum atomic E-state index is 8.46. The maximum Gasteiger partial charge on any atom is 4.00 e. The molecule has 5 N–H and O–H groups in total.